The number of hydrogen-bond acceptors (Lipinski definition) is 4. The van der Waals surface area contributed by atoms with Crippen LogP contribution in [0.15, 0.2) is 73.1 Å². The van der Waals surface area contributed by atoms with Gasteiger partial charge in [-0.25, -0.2) is 9.97 Å². The predicted octanol–water partition coefficient (Wildman–Crippen LogP) is 6.20. The van der Waals surface area contributed by atoms with E-state index in [0.717, 1.165) is 23.1 Å². The van der Waals surface area contributed by atoms with Gasteiger partial charge in [-0.3, -0.25) is 0 Å². The second-order valence-electron chi connectivity index (χ2n) is 6.79. The van der Waals surface area contributed by atoms with Crippen molar-refractivity contribution in [2.24, 2.45) is 0 Å². The first-order chi connectivity index (χ1) is 14.3. The zero-order chi connectivity index (χ0) is 20.3. The molecule has 29 heavy (non-hydrogen) atoms. The monoisotopic (exact) mass is 383 g/mol. The maximum atomic E-state index is 8.90. The first kappa shape index (κ1) is 20.3. The van der Waals surface area contributed by atoms with E-state index in [0.29, 0.717) is 23.7 Å². The largest absolute Gasteiger partial charge is 0.486 e. The molecule has 3 rings (SSSR count). The molecule has 0 saturated carbocycles. The van der Waals surface area contributed by atoms with Crippen LogP contribution in [0.1, 0.15) is 38.2 Å². The van der Waals surface area contributed by atoms with Crippen LogP contribution in [0.3, 0.4) is 0 Å². The van der Waals surface area contributed by atoms with Crippen molar-refractivity contribution in [1.82, 2.24) is 9.97 Å². The number of hydrogen-bond donors (Lipinski definition) is 0. The summed E-state index contributed by atoms with van der Waals surface area (Å²) < 4.78 is 5.66. The number of aromatic nitrogens is 2. The van der Waals surface area contributed by atoms with E-state index < -0.39 is 0 Å². The van der Waals surface area contributed by atoms with Gasteiger partial charge >= 0.3 is 0 Å². The van der Waals surface area contributed by atoms with E-state index in [-0.39, 0.29) is 0 Å². The molecule has 0 aliphatic rings. The molecule has 1 aromatic heterocycles. The number of nitrogens with zero attached hydrogens (tertiary/aromatic N) is 3. The lowest BCUT2D eigenvalue weighted by Crippen LogP contribution is -1.96. The minimum absolute atomic E-state index is 0.536. The van der Waals surface area contributed by atoms with Gasteiger partial charge in [0.1, 0.15) is 6.61 Å². The standard InChI is InChI=1S/C25H25N3O/c1-2-3-4-5-6-7-16-29-24-18-27-25(28-19-24)23-14-12-22(13-15-23)21-10-8-20(17-26)9-11-21/h6-15,18-19H,2-5,16H2,1H3. The minimum Gasteiger partial charge on any atom is -0.486 e. The topological polar surface area (TPSA) is 58.8 Å². The number of allylic oxidation sites excluding steroid dienone is 1. The van der Waals surface area contributed by atoms with Gasteiger partial charge in [0.2, 0.25) is 0 Å². The van der Waals surface area contributed by atoms with Gasteiger partial charge in [0.25, 0.3) is 0 Å². The van der Waals surface area contributed by atoms with Gasteiger partial charge in [0.15, 0.2) is 11.6 Å². The third-order valence-corrected chi connectivity index (χ3v) is 4.61. The van der Waals surface area contributed by atoms with Crippen molar-refractivity contribution >= 4 is 0 Å². The van der Waals surface area contributed by atoms with E-state index in [2.05, 4.69) is 29.0 Å². The molecule has 0 amide bonds. The highest BCUT2D eigenvalue weighted by Crippen LogP contribution is 2.24. The van der Waals surface area contributed by atoms with Crippen LogP contribution in [0.2, 0.25) is 0 Å². The molecular weight excluding hydrogens is 358 g/mol. The highest BCUT2D eigenvalue weighted by molar-refractivity contribution is 5.68. The average Bonchev–Trinajstić information content (AvgIpc) is 2.79. The normalized spacial score (nSPS) is 10.8. The SMILES string of the molecule is CCCCCC=CCOc1cnc(-c2ccc(-c3ccc(C#N)cc3)cc2)nc1. The lowest BCUT2D eigenvalue weighted by Gasteiger charge is -2.06. The first-order valence-electron chi connectivity index (χ1n) is 10.0. The van der Waals surface area contributed by atoms with E-state index in [9.17, 15) is 0 Å². The number of nitriles is 1. The van der Waals surface area contributed by atoms with Crippen molar-refractivity contribution in [2.45, 2.75) is 32.6 Å². The highest BCUT2D eigenvalue weighted by Gasteiger charge is 2.04. The fourth-order valence-corrected chi connectivity index (χ4v) is 2.93. The van der Waals surface area contributed by atoms with Crippen molar-refractivity contribution in [1.29, 1.82) is 5.26 Å². The fraction of sp³-hybridized carbons (Fsp3) is 0.240. The zero-order valence-electron chi connectivity index (χ0n) is 16.7. The summed E-state index contributed by atoms with van der Waals surface area (Å²) in [6.07, 6.45) is 12.5. The smallest absolute Gasteiger partial charge is 0.159 e. The summed E-state index contributed by atoms with van der Waals surface area (Å²) in [5.41, 5.74) is 3.77. The fourth-order valence-electron chi connectivity index (χ4n) is 2.93. The Bertz CT molecular complexity index is 953. The van der Waals surface area contributed by atoms with E-state index in [4.69, 9.17) is 10.00 Å². The Morgan fingerprint density at radius 2 is 1.48 bits per heavy atom. The van der Waals surface area contributed by atoms with Crippen molar-refractivity contribution in [2.75, 3.05) is 6.61 Å². The van der Waals surface area contributed by atoms with E-state index in [1.807, 2.05) is 54.6 Å². The van der Waals surface area contributed by atoms with Crippen molar-refractivity contribution in [3.8, 4) is 34.3 Å². The molecule has 0 radical (unpaired) electrons. The number of benzene rings is 2. The summed E-state index contributed by atoms with van der Waals surface area (Å²) in [5, 5.41) is 8.90. The summed E-state index contributed by atoms with van der Waals surface area (Å²) in [6.45, 7) is 2.74. The molecule has 0 unspecified atom stereocenters. The maximum absolute atomic E-state index is 8.90. The molecule has 0 atom stereocenters. The summed E-state index contributed by atoms with van der Waals surface area (Å²) in [4.78, 5) is 8.83. The third-order valence-electron chi connectivity index (χ3n) is 4.61. The quantitative estimate of drug-likeness (QED) is 0.326. The highest BCUT2D eigenvalue weighted by atomic mass is 16.5. The summed E-state index contributed by atoms with van der Waals surface area (Å²) in [5.74, 6) is 1.33. The lowest BCUT2D eigenvalue weighted by atomic mass is 10.0. The van der Waals surface area contributed by atoms with Gasteiger partial charge in [-0.1, -0.05) is 68.3 Å². The Hall–Kier alpha value is -3.45. The molecule has 1 heterocycles. The molecule has 0 fully saturated rings. The van der Waals surface area contributed by atoms with Crippen LogP contribution in [-0.4, -0.2) is 16.6 Å². The number of unbranched alkanes of at least 4 members (excludes halogenated alkanes) is 3. The summed E-state index contributed by atoms with van der Waals surface area (Å²) in [7, 11) is 0. The van der Waals surface area contributed by atoms with Gasteiger partial charge in [-0.2, -0.15) is 5.26 Å². The first-order valence-corrected chi connectivity index (χ1v) is 10.0. The Morgan fingerprint density at radius 3 is 2.10 bits per heavy atom. The molecule has 0 saturated heterocycles. The van der Waals surface area contributed by atoms with Crippen LogP contribution in [0.5, 0.6) is 5.75 Å². The Morgan fingerprint density at radius 1 is 0.862 bits per heavy atom. The molecule has 0 spiro atoms. The molecule has 3 aromatic rings. The summed E-state index contributed by atoms with van der Waals surface area (Å²) in [6, 6.07) is 17.8. The Balaban J connectivity index is 1.56. The van der Waals surface area contributed by atoms with Gasteiger partial charge in [0.05, 0.1) is 24.0 Å². The molecule has 4 nitrogen and oxygen atoms in total. The number of ether oxygens (including phenoxy) is 1. The Labute approximate surface area is 172 Å². The predicted molar refractivity (Wildman–Crippen MR) is 116 cm³/mol. The van der Waals surface area contributed by atoms with Gasteiger partial charge in [-0.15, -0.1) is 0 Å². The number of rotatable bonds is 9. The van der Waals surface area contributed by atoms with Crippen LogP contribution in [0.4, 0.5) is 0 Å². The van der Waals surface area contributed by atoms with Crippen molar-refractivity contribution in [3.05, 3.63) is 78.6 Å². The molecular formula is C25H25N3O. The van der Waals surface area contributed by atoms with Crippen molar-refractivity contribution in [3.63, 3.8) is 0 Å². The molecule has 0 aliphatic carbocycles. The van der Waals surface area contributed by atoms with Crippen LogP contribution in [0.25, 0.3) is 22.5 Å². The Kier molecular flexibility index (Phi) is 7.54. The van der Waals surface area contributed by atoms with Crippen LogP contribution in [0, 0.1) is 11.3 Å². The average molecular weight is 383 g/mol. The van der Waals surface area contributed by atoms with Crippen molar-refractivity contribution < 1.29 is 4.74 Å². The molecule has 0 aliphatic heterocycles. The van der Waals surface area contributed by atoms with E-state index >= 15 is 0 Å². The molecule has 4 heteroatoms. The second kappa shape index (κ2) is 10.8. The second-order valence-corrected chi connectivity index (χ2v) is 6.79. The van der Waals surface area contributed by atoms with Crippen LogP contribution in [-0.2, 0) is 0 Å². The molecule has 2 aromatic carbocycles. The van der Waals surface area contributed by atoms with Gasteiger partial charge in [-0.05, 0) is 36.1 Å². The van der Waals surface area contributed by atoms with Crippen LogP contribution < -0.4 is 4.74 Å². The van der Waals surface area contributed by atoms with E-state index in [1.165, 1.54) is 19.3 Å². The zero-order valence-corrected chi connectivity index (χ0v) is 16.7. The van der Waals surface area contributed by atoms with Crippen LogP contribution >= 0.6 is 0 Å². The molecule has 0 N–H and O–H groups in total. The maximum Gasteiger partial charge on any atom is 0.159 e. The minimum atomic E-state index is 0.536. The van der Waals surface area contributed by atoms with Gasteiger partial charge in [0, 0.05) is 5.56 Å². The van der Waals surface area contributed by atoms with E-state index in [1.54, 1.807) is 12.4 Å². The molecule has 146 valence electrons. The molecule has 0 bridgehead atoms. The third kappa shape index (κ3) is 6.02. The summed E-state index contributed by atoms with van der Waals surface area (Å²) >= 11 is 0. The lowest BCUT2D eigenvalue weighted by molar-refractivity contribution is 0.359. The van der Waals surface area contributed by atoms with Gasteiger partial charge < -0.3 is 4.74 Å².